The second-order valence-corrected chi connectivity index (χ2v) is 10.1. The van der Waals surface area contributed by atoms with E-state index in [0.717, 1.165) is 6.54 Å². The second-order valence-electron chi connectivity index (χ2n) is 8.63. The first kappa shape index (κ1) is 29.1. The van der Waals surface area contributed by atoms with Crippen molar-refractivity contribution < 1.29 is 4.43 Å². The van der Waals surface area contributed by atoms with E-state index < -0.39 is 0 Å². The molecule has 5 heteroatoms. The van der Waals surface area contributed by atoms with Gasteiger partial charge in [-0.05, 0) is 104 Å². The Labute approximate surface area is 186 Å². The number of rotatable bonds is 22. The predicted octanol–water partition coefficient (Wildman–Crippen LogP) is 4.68. The minimum Gasteiger partial charge on any atom is -0.421 e. The average Bonchev–Trinajstić information content (AvgIpc) is 2.72. The van der Waals surface area contributed by atoms with Gasteiger partial charge in [0.15, 0.2) is 9.76 Å². The summed E-state index contributed by atoms with van der Waals surface area (Å²) in [4.78, 5) is 5.32. The molecule has 4 nitrogen and oxygen atoms in total. The Bertz CT molecular complexity index is 329. The number of hydrogen-bond donors (Lipinski definition) is 1. The monoisotopic (exact) mass is 429 g/mol. The molecule has 1 unspecified atom stereocenters. The third-order valence-corrected chi connectivity index (χ3v) is 7.57. The Balaban J connectivity index is 4.18. The van der Waals surface area contributed by atoms with Crippen molar-refractivity contribution >= 4 is 9.76 Å². The van der Waals surface area contributed by atoms with Crippen molar-refractivity contribution in [3.8, 4) is 0 Å². The minimum atomic E-state index is -0.330. The van der Waals surface area contributed by atoms with Crippen molar-refractivity contribution in [3.63, 3.8) is 0 Å². The Morgan fingerprint density at radius 2 is 1.45 bits per heavy atom. The molecule has 0 aliphatic rings. The van der Waals surface area contributed by atoms with Crippen LogP contribution in [0.4, 0.5) is 0 Å². The molecular formula is C24H55N3OSi. The molecule has 0 aromatic carbocycles. The summed E-state index contributed by atoms with van der Waals surface area (Å²) in [6.07, 6.45) is 10.6. The van der Waals surface area contributed by atoms with Gasteiger partial charge in [0.05, 0.1) is 0 Å². The molecule has 0 bridgehead atoms. The highest BCUT2D eigenvalue weighted by molar-refractivity contribution is 6.27. The molecule has 1 N–H and O–H groups in total. The summed E-state index contributed by atoms with van der Waals surface area (Å²) < 4.78 is 6.07. The molecule has 0 saturated carbocycles. The van der Waals surface area contributed by atoms with Gasteiger partial charge in [-0.2, -0.15) is 0 Å². The second kappa shape index (κ2) is 21.3. The van der Waals surface area contributed by atoms with E-state index in [9.17, 15) is 0 Å². The highest BCUT2D eigenvalue weighted by atomic mass is 28.2. The van der Waals surface area contributed by atoms with Gasteiger partial charge in [-0.3, -0.25) is 0 Å². The molecule has 0 aliphatic heterocycles. The zero-order valence-electron chi connectivity index (χ0n) is 21.0. The van der Waals surface area contributed by atoms with Gasteiger partial charge in [0.25, 0.3) is 0 Å². The van der Waals surface area contributed by atoms with E-state index in [0.29, 0.717) is 12.1 Å². The van der Waals surface area contributed by atoms with Gasteiger partial charge in [0.2, 0.25) is 0 Å². The molecule has 0 aromatic rings. The van der Waals surface area contributed by atoms with Crippen LogP contribution in [0.15, 0.2) is 0 Å². The molecule has 0 heterocycles. The van der Waals surface area contributed by atoms with Crippen LogP contribution in [0.25, 0.3) is 0 Å². The fraction of sp³-hybridized carbons (Fsp3) is 1.00. The smallest absolute Gasteiger partial charge is 0.162 e. The maximum absolute atomic E-state index is 6.07. The van der Waals surface area contributed by atoms with Gasteiger partial charge in [-0.25, -0.2) is 0 Å². The number of nitrogens with zero attached hydrogens (tertiary/aromatic N) is 2. The summed E-state index contributed by atoms with van der Waals surface area (Å²) in [5.74, 6) is 0. The van der Waals surface area contributed by atoms with Crippen LogP contribution < -0.4 is 5.32 Å². The van der Waals surface area contributed by atoms with Crippen LogP contribution in [0.3, 0.4) is 0 Å². The number of nitrogens with one attached hydrogen (secondary N) is 1. The highest BCUT2D eigenvalue weighted by Gasteiger charge is 2.08. The quantitative estimate of drug-likeness (QED) is 0.200. The predicted molar refractivity (Wildman–Crippen MR) is 134 cm³/mol. The van der Waals surface area contributed by atoms with Crippen molar-refractivity contribution in [2.24, 2.45) is 0 Å². The molecule has 29 heavy (non-hydrogen) atoms. The molecule has 0 spiro atoms. The van der Waals surface area contributed by atoms with Gasteiger partial charge in [0.1, 0.15) is 0 Å². The lowest BCUT2D eigenvalue weighted by Crippen LogP contribution is -2.34. The van der Waals surface area contributed by atoms with Crippen molar-refractivity contribution in [2.75, 3.05) is 45.8 Å². The topological polar surface area (TPSA) is 27.7 Å². The summed E-state index contributed by atoms with van der Waals surface area (Å²) >= 11 is 0. The first-order chi connectivity index (χ1) is 14.1. The minimum absolute atomic E-state index is 0.330. The van der Waals surface area contributed by atoms with Gasteiger partial charge >= 0.3 is 0 Å². The summed E-state index contributed by atoms with van der Waals surface area (Å²) in [6.45, 7) is 22.2. The van der Waals surface area contributed by atoms with E-state index >= 15 is 0 Å². The molecule has 0 rings (SSSR count). The van der Waals surface area contributed by atoms with E-state index in [1.165, 1.54) is 96.7 Å². The molecule has 0 aliphatic carbocycles. The van der Waals surface area contributed by atoms with Gasteiger partial charge in [0, 0.05) is 12.1 Å². The Morgan fingerprint density at radius 3 is 2.07 bits per heavy atom. The maximum atomic E-state index is 6.07. The molecule has 0 saturated heterocycles. The Hall–Kier alpha value is 0.0569. The SMILES string of the molecule is CCCC(C)O[SiH2]CCCN(CCCNC(CC)CC)CCCN(CC)CCC. The number of hydrogen-bond acceptors (Lipinski definition) is 4. The van der Waals surface area contributed by atoms with Gasteiger partial charge in [-0.15, -0.1) is 0 Å². The highest BCUT2D eigenvalue weighted by Crippen LogP contribution is 2.05. The van der Waals surface area contributed by atoms with Crippen LogP contribution in [0.2, 0.25) is 6.04 Å². The summed E-state index contributed by atoms with van der Waals surface area (Å²) in [6, 6.07) is 2.02. The van der Waals surface area contributed by atoms with Gasteiger partial charge < -0.3 is 19.5 Å². The zero-order chi connectivity index (χ0) is 21.7. The van der Waals surface area contributed by atoms with Crippen LogP contribution in [0.1, 0.15) is 92.9 Å². The van der Waals surface area contributed by atoms with Gasteiger partial charge in [-0.1, -0.05) is 41.0 Å². The van der Waals surface area contributed by atoms with Crippen molar-refractivity contribution in [3.05, 3.63) is 0 Å². The fourth-order valence-electron chi connectivity index (χ4n) is 4.00. The van der Waals surface area contributed by atoms with Crippen molar-refractivity contribution in [1.82, 2.24) is 15.1 Å². The van der Waals surface area contributed by atoms with E-state index in [1.54, 1.807) is 0 Å². The summed E-state index contributed by atoms with van der Waals surface area (Å²) in [5, 5.41) is 3.73. The largest absolute Gasteiger partial charge is 0.421 e. The van der Waals surface area contributed by atoms with E-state index in [4.69, 9.17) is 4.43 Å². The third kappa shape index (κ3) is 17.4. The molecule has 0 amide bonds. The normalized spacial score (nSPS) is 13.6. The summed E-state index contributed by atoms with van der Waals surface area (Å²) in [5.41, 5.74) is 0. The third-order valence-electron chi connectivity index (χ3n) is 5.97. The van der Waals surface area contributed by atoms with E-state index in [1.807, 2.05) is 0 Å². The standard InChI is InChI=1S/C24H55N3OSi/c1-7-15-23(6)28-29-22-14-21-27(18-12-16-25-24(9-3)10-4)20-13-19-26(11-5)17-8-2/h23-25H,7-22,29H2,1-6H3. The van der Waals surface area contributed by atoms with E-state index in [-0.39, 0.29) is 9.76 Å². The first-order valence-electron chi connectivity index (χ1n) is 12.9. The molecular weight excluding hydrogens is 374 g/mol. The average molecular weight is 430 g/mol. The van der Waals surface area contributed by atoms with Crippen molar-refractivity contribution in [2.45, 2.75) is 111 Å². The fourth-order valence-corrected chi connectivity index (χ4v) is 5.16. The molecule has 0 radical (unpaired) electrons. The molecule has 176 valence electrons. The lowest BCUT2D eigenvalue weighted by Gasteiger charge is -2.25. The van der Waals surface area contributed by atoms with Crippen LogP contribution in [0.5, 0.6) is 0 Å². The maximum Gasteiger partial charge on any atom is 0.162 e. The first-order valence-corrected chi connectivity index (χ1v) is 14.5. The van der Waals surface area contributed by atoms with Crippen LogP contribution >= 0.6 is 0 Å². The van der Waals surface area contributed by atoms with Crippen LogP contribution in [-0.2, 0) is 4.43 Å². The Morgan fingerprint density at radius 1 is 0.793 bits per heavy atom. The van der Waals surface area contributed by atoms with Crippen LogP contribution in [0, 0.1) is 0 Å². The Kier molecular flexibility index (Phi) is 21.3. The molecule has 0 fully saturated rings. The van der Waals surface area contributed by atoms with Crippen LogP contribution in [-0.4, -0.2) is 77.5 Å². The lowest BCUT2D eigenvalue weighted by atomic mass is 10.1. The zero-order valence-corrected chi connectivity index (χ0v) is 22.4. The molecule has 0 aromatic heterocycles. The summed E-state index contributed by atoms with van der Waals surface area (Å²) in [7, 11) is -0.330. The van der Waals surface area contributed by atoms with E-state index in [2.05, 4.69) is 56.7 Å². The van der Waals surface area contributed by atoms with Crippen molar-refractivity contribution in [1.29, 1.82) is 0 Å². The molecule has 1 atom stereocenters. The lowest BCUT2D eigenvalue weighted by molar-refractivity contribution is 0.215.